The quantitative estimate of drug-likeness (QED) is 0.187. The topological polar surface area (TPSA) is 13.1 Å². The Hall–Kier alpha value is -5.44. The summed E-state index contributed by atoms with van der Waals surface area (Å²) >= 11 is 1.85. The van der Waals surface area contributed by atoms with Gasteiger partial charge in [-0.3, -0.25) is 0 Å². The van der Waals surface area contributed by atoms with Crippen LogP contribution in [0.3, 0.4) is 0 Å². The maximum absolute atomic E-state index is 6.61. The van der Waals surface area contributed by atoms with Gasteiger partial charge >= 0.3 is 0 Å². The second-order valence-corrected chi connectivity index (χ2v) is 12.7. The van der Waals surface area contributed by atoms with Gasteiger partial charge in [-0.05, 0) is 78.8 Å². The molecule has 0 amide bonds. The maximum Gasteiger partial charge on any atom is 0.136 e. The summed E-state index contributed by atoms with van der Waals surface area (Å²) in [5.41, 5.74) is 6.87. The first-order valence-electron chi connectivity index (χ1n) is 15.0. The highest BCUT2D eigenvalue weighted by Crippen LogP contribution is 2.48. The zero-order chi connectivity index (χ0) is 28.8. The van der Waals surface area contributed by atoms with Gasteiger partial charge < -0.3 is 4.42 Å². The molecule has 2 aromatic heterocycles. The summed E-state index contributed by atoms with van der Waals surface area (Å²) in [6, 6.07) is 53.0. The summed E-state index contributed by atoms with van der Waals surface area (Å²) in [5, 5.41) is 12.4. The van der Waals surface area contributed by atoms with Gasteiger partial charge in [-0.1, -0.05) is 121 Å². The molecule has 0 saturated heterocycles. The highest BCUT2D eigenvalue weighted by atomic mass is 32.1. The monoisotopic (exact) mass is 576 g/mol. The third-order valence-electron chi connectivity index (χ3n) is 9.25. The number of fused-ring (bicyclic) bond motifs is 9. The van der Waals surface area contributed by atoms with E-state index in [9.17, 15) is 0 Å². The van der Waals surface area contributed by atoms with E-state index in [1.807, 2.05) is 11.3 Å². The second-order valence-electron chi connectivity index (χ2n) is 11.6. The third kappa shape index (κ3) is 3.29. The predicted octanol–water partition coefficient (Wildman–Crippen LogP) is 12.7. The molecule has 44 heavy (non-hydrogen) atoms. The van der Waals surface area contributed by atoms with Crippen molar-refractivity contribution in [1.29, 1.82) is 0 Å². The van der Waals surface area contributed by atoms with Gasteiger partial charge in [0, 0.05) is 30.9 Å². The molecule has 0 aliphatic rings. The Balaban J connectivity index is 1.35. The van der Waals surface area contributed by atoms with Gasteiger partial charge in [-0.2, -0.15) is 0 Å². The molecule has 2 heteroatoms. The lowest BCUT2D eigenvalue weighted by atomic mass is 9.84. The molecule has 8 aromatic carbocycles. The minimum atomic E-state index is 0.922. The number of rotatable bonds is 2. The SMILES string of the molecule is c1ccc2c(-c3c4ccccc4c(-c4cccc5oc6cc7c(cc6c45)sc4ccccc47)c4ccccc34)cccc2c1. The van der Waals surface area contributed by atoms with Gasteiger partial charge in [-0.25, -0.2) is 0 Å². The van der Waals surface area contributed by atoms with Crippen molar-refractivity contribution in [1.82, 2.24) is 0 Å². The minimum Gasteiger partial charge on any atom is -0.456 e. The highest BCUT2D eigenvalue weighted by Gasteiger charge is 2.21. The summed E-state index contributed by atoms with van der Waals surface area (Å²) in [7, 11) is 0. The van der Waals surface area contributed by atoms with Crippen molar-refractivity contribution in [2.24, 2.45) is 0 Å². The van der Waals surface area contributed by atoms with Gasteiger partial charge in [0.25, 0.3) is 0 Å². The van der Waals surface area contributed by atoms with Crippen LogP contribution in [0.1, 0.15) is 0 Å². The lowest BCUT2D eigenvalue weighted by Crippen LogP contribution is -1.92. The number of hydrogen-bond acceptors (Lipinski definition) is 2. The molecule has 0 unspecified atom stereocenters. The van der Waals surface area contributed by atoms with Crippen molar-refractivity contribution in [3.8, 4) is 22.3 Å². The molecule has 2 heterocycles. The standard InChI is InChI=1S/C42H24OS/c1-2-13-26-25(11-1)12-9-19-28(26)40-29-15-3-5-17-31(29)41(32-18-6-4-16-30(32)40)33-20-10-21-36-42(33)35-24-39-34(23-37(35)43-36)27-14-7-8-22-38(27)44-39/h1-24H. The van der Waals surface area contributed by atoms with Crippen molar-refractivity contribution in [3.63, 3.8) is 0 Å². The van der Waals surface area contributed by atoms with Crippen LogP contribution in [0.2, 0.25) is 0 Å². The molecule has 0 fully saturated rings. The van der Waals surface area contributed by atoms with Crippen LogP contribution in [0.5, 0.6) is 0 Å². The molecule has 0 saturated carbocycles. The minimum absolute atomic E-state index is 0.922. The molecule has 0 aliphatic heterocycles. The number of hydrogen-bond donors (Lipinski definition) is 0. The first-order valence-corrected chi connectivity index (χ1v) is 15.8. The van der Waals surface area contributed by atoms with Crippen LogP contribution in [-0.2, 0) is 0 Å². The van der Waals surface area contributed by atoms with Gasteiger partial charge in [0.05, 0.1) is 0 Å². The van der Waals surface area contributed by atoms with Crippen molar-refractivity contribution in [2.45, 2.75) is 0 Å². The van der Waals surface area contributed by atoms with Crippen LogP contribution in [-0.4, -0.2) is 0 Å². The molecule has 0 spiro atoms. The van der Waals surface area contributed by atoms with Crippen LogP contribution in [0.4, 0.5) is 0 Å². The van der Waals surface area contributed by atoms with Crippen molar-refractivity contribution in [2.75, 3.05) is 0 Å². The fourth-order valence-electron chi connectivity index (χ4n) is 7.40. The Labute approximate surface area is 257 Å². The summed E-state index contributed by atoms with van der Waals surface area (Å²) in [6.07, 6.45) is 0. The fourth-order valence-corrected chi connectivity index (χ4v) is 8.53. The van der Waals surface area contributed by atoms with E-state index in [1.165, 1.54) is 85.5 Å². The summed E-state index contributed by atoms with van der Waals surface area (Å²) in [4.78, 5) is 0. The zero-order valence-electron chi connectivity index (χ0n) is 23.7. The number of thiophene rings is 1. The van der Waals surface area contributed by atoms with E-state index in [-0.39, 0.29) is 0 Å². The average molecular weight is 577 g/mol. The Morgan fingerprint density at radius 1 is 0.364 bits per heavy atom. The van der Waals surface area contributed by atoms with Crippen molar-refractivity contribution in [3.05, 3.63) is 146 Å². The molecular weight excluding hydrogens is 553 g/mol. The van der Waals surface area contributed by atoms with Gasteiger partial charge in [-0.15, -0.1) is 11.3 Å². The van der Waals surface area contributed by atoms with Crippen molar-refractivity contribution < 1.29 is 4.42 Å². The zero-order valence-corrected chi connectivity index (χ0v) is 24.5. The van der Waals surface area contributed by atoms with E-state index in [0.717, 1.165) is 11.2 Å². The Bertz CT molecular complexity index is 2710. The average Bonchev–Trinajstić information content (AvgIpc) is 3.63. The van der Waals surface area contributed by atoms with E-state index in [4.69, 9.17) is 4.42 Å². The number of furan rings is 1. The predicted molar refractivity (Wildman–Crippen MR) is 190 cm³/mol. The van der Waals surface area contributed by atoms with E-state index in [2.05, 4.69) is 146 Å². The second kappa shape index (κ2) is 9.03. The lowest BCUT2D eigenvalue weighted by Gasteiger charge is -2.19. The maximum atomic E-state index is 6.61. The molecule has 0 bridgehead atoms. The third-order valence-corrected chi connectivity index (χ3v) is 10.4. The van der Waals surface area contributed by atoms with Gasteiger partial charge in [0.1, 0.15) is 11.2 Å². The normalized spacial score (nSPS) is 12.1. The first-order chi connectivity index (χ1) is 21.8. The molecule has 204 valence electrons. The summed E-state index contributed by atoms with van der Waals surface area (Å²) < 4.78 is 9.21. The molecule has 10 rings (SSSR count). The van der Waals surface area contributed by atoms with Gasteiger partial charge in [0.15, 0.2) is 0 Å². The lowest BCUT2D eigenvalue weighted by molar-refractivity contribution is 0.669. The number of benzene rings is 8. The molecule has 1 nitrogen and oxygen atoms in total. The molecule has 10 aromatic rings. The van der Waals surface area contributed by atoms with E-state index >= 15 is 0 Å². The van der Waals surface area contributed by atoms with Crippen LogP contribution < -0.4 is 0 Å². The Morgan fingerprint density at radius 2 is 0.932 bits per heavy atom. The molecule has 0 aliphatic carbocycles. The summed E-state index contributed by atoms with van der Waals surface area (Å²) in [5.74, 6) is 0. The highest BCUT2D eigenvalue weighted by molar-refractivity contribution is 7.25. The molecular formula is C42H24OS. The smallest absolute Gasteiger partial charge is 0.136 e. The van der Waals surface area contributed by atoms with Crippen molar-refractivity contribution >= 4 is 85.8 Å². The van der Waals surface area contributed by atoms with Crippen LogP contribution in [0, 0.1) is 0 Å². The molecule has 0 atom stereocenters. The molecule has 0 N–H and O–H groups in total. The van der Waals surface area contributed by atoms with E-state index < -0.39 is 0 Å². The largest absolute Gasteiger partial charge is 0.456 e. The fraction of sp³-hybridized carbons (Fsp3) is 0. The van der Waals surface area contributed by atoms with Gasteiger partial charge in [0.2, 0.25) is 0 Å². The van der Waals surface area contributed by atoms with Crippen LogP contribution >= 0.6 is 11.3 Å². The van der Waals surface area contributed by atoms with E-state index in [0.29, 0.717) is 0 Å². The first kappa shape index (κ1) is 24.0. The Kier molecular flexibility index (Phi) is 4.94. The summed E-state index contributed by atoms with van der Waals surface area (Å²) in [6.45, 7) is 0. The van der Waals surface area contributed by atoms with Crippen LogP contribution in [0.15, 0.2) is 150 Å². The molecule has 0 radical (unpaired) electrons. The van der Waals surface area contributed by atoms with Crippen LogP contribution in [0.25, 0.3) is 96.7 Å². The van der Waals surface area contributed by atoms with E-state index in [1.54, 1.807) is 0 Å². The Morgan fingerprint density at radius 3 is 1.68 bits per heavy atom.